The number of likely N-dealkylation sites (tertiary alicyclic amines) is 1. The Morgan fingerprint density at radius 3 is 2.94 bits per heavy atom. The summed E-state index contributed by atoms with van der Waals surface area (Å²) in [6.45, 7) is 9.97. The lowest BCUT2D eigenvalue weighted by molar-refractivity contribution is 0.00169. The van der Waals surface area contributed by atoms with E-state index in [4.69, 9.17) is 4.74 Å². The second kappa shape index (κ2) is 7.43. The average Bonchev–Trinajstić information content (AvgIpc) is 2.65. The van der Waals surface area contributed by atoms with E-state index in [0.29, 0.717) is 6.10 Å². The molecule has 2 heterocycles. The van der Waals surface area contributed by atoms with Crippen molar-refractivity contribution in [2.75, 3.05) is 52.9 Å². The van der Waals surface area contributed by atoms with E-state index < -0.39 is 0 Å². The number of ether oxygens (including phenoxy) is 1. The van der Waals surface area contributed by atoms with Crippen LogP contribution in [-0.2, 0) is 4.74 Å². The molecule has 4 nitrogen and oxygen atoms in total. The van der Waals surface area contributed by atoms with E-state index in [2.05, 4.69) is 29.1 Å². The average molecular weight is 255 g/mol. The monoisotopic (exact) mass is 255 g/mol. The lowest BCUT2D eigenvalue weighted by Gasteiger charge is -2.32. The number of morpholine rings is 1. The van der Waals surface area contributed by atoms with Crippen molar-refractivity contribution in [1.82, 2.24) is 15.1 Å². The summed E-state index contributed by atoms with van der Waals surface area (Å²) < 4.78 is 5.80. The fourth-order valence-corrected chi connectivity index (χ4v) is 3.10. The van der Waals surface area contributed by atoms with Crippen LogP contribution < -0.4 is 5.32 Å². The molecule has 2 unspecified atom stereocenters. The van der Waals surface area contributed by atoms with Crippen molar-refractivity contribution in [2.24, 2.45) is 0 Å². The summed E-state index contributed by atoms with van der Waals surface area (Å²) in [5, 5.41) is 3.41. The second-order valence-corrected chi connectivity index (χ2v) is 5.66. The molecule has 0 aromatic heterocycles. The maximum atomic E-state index is 5.80. The lowest BCUT2D eigenvalue weighted by Crippen LogP contribution is -2.47. The quantitative estimate of drug-likeness (QED) is 0.803. The topological polar surface area (TPSA) is 27.7 Å². The van der Waals surface area contributed by atoms with Gasteiger partial charge in [-0.1, -0.05) is 6.92 Å². The summed E-state index contributed by atoms with van der Waals surface area (Å²) in [4.78, 5) is 5.10. The third-order valence-corrected chi connectivity index (χ3v) is 4.36. The molecule has 0 saturated carbocycles. The summed E-state index contributed by atoms with van der Waals surface area (Å²) >= 11 is 0. The zero-order valence-corrected chi connectivity index (χ0v) is 12.0. The first-order valence-corrected chi connectivity index (χ1v) is 7.54. The van der Waals surface area contributed by atoms with E-state index in [9.17, 15) is 0 Å². The number of hydrogen-bond acceptors (Lipinski definition) is 4. The maximum Gasteiger partial charge on any atom is 0.0826 e. The van der Waals surface area contributed by atoms with Crippen LogP contribution in [0.5, 0.6) is 0 Å². The maximum absolute atomic E-state index is 5.80. The molecule has 2 aliphatic rings. The normalized spacial score (nSPS) is 31.5. The van der Waals surface area contributed by atoms with Gasteiger partial charge >= 0.3 is 0 Å². The van der Waals surface area contributed by atoms with Gasteiger partial charge in [-0.15, -0.1) is 0 Å². The zero-order chi connectivity index (χ0) is 12.8. The van der Waals surface area contributed by atoms with Gasteiger partial charge in [0, 0.05) is 25.7 Å². The van der Waals surface area contributed by atoms with Crippen LogP contribution in [0.2, 0.25) is 0 Å². The van der Waals surface area contributed by atoms with E-state index in [0.717, 1.165) is 32.3 Å². The standard InChI is InChI=1S/C14H29N3O/c1-3-17-8-4-5-13(6-9-17)16(2)12-14-11-15-7-10-18-14/h13-15H,3-12H2,1-2H3. The summed E-state index contributed by atoms with van der Waals surface area (Å²) in [6.07, 6.45) is 4.37. The van der Waals surface area contributed by atoms with E-state index in [1.165, 1.54) is 38.9 Å². The Morgan fingerprint density at radius 2 is 2.22 bits per heavy atom. The molecule has 0 amide bonds. The van der Waals surface area contributed by atoms with Crippen molar-refractivity contribution in [1.29, 1.82) is 0 Å². The Morgan fingerprint density at radius 1 is 1.33 bits per heavy atom. The molecule has 1 N–H and O–H groups in total. The predicted octanol–water partition coefficient (Wildman–Crippen LogP) is 0.781. The minimum Gasteiger partial charge on any atom is -0.374 e. The van der Waals surface area contributed by atoms with E-state index >= 15 is 0 Å². The van der Waals surface area contributed by atoms with Gasteiger partial charge in [0.15, 0.2) is 0 Å². The minimum absolute atomic E-state index is 0.384. The lowest BCUT2D eigenvalue weighted by atomic mass is 10.1. The number of rotatable bonds is 4. The molecular weight excluding hydrogens is 226 g/mol. The molecule has 4 heteroatoms. The van der Waals surface area contributed by atoms with Crippen LogP contribution in [0, 0.1) is 0 Å². The summed E-state index contributed by atoms with van der Waals surface area (Å²) in [6, 6.07) is 0.743. The highest BCUT2D eigenvalue weighted by molar-refractivity contribution is 4.79. The molecule has 0 aromatic carbocycles. The summed E-state index contributed by atoms with van der Waals surface area (Å²) in [5.74, 6) is 0. The van der Waals surface area contributed by atoms with Gasteiger partial charge in [0.05, 0.1) is 12.7 Å². The first-order chi connectivity index (χ1) is 8.79. The number of nitrogens with zero attached hydrogens (tertiary/aromatic N) is 2. The Kier molecular flexibility index (Phi) is 5.89. The van der Waals surface area contributed by atoms with Gasteiger partial charge in [-0.3, -0.25) is 0 Å². The van der Waals surface area contributed by atoms with Crippen LogP contribution in [-0.4, -0.2) is 74.9 Å². The third kappa shape index (κ3) is 4.19. The fourth-order valence-electron chi connectivity index (χ4n) is 3.10. The van der Waals surface area contributed by atoms with E-state index in [1.54, 1.807) is 0 Å². The molecule has 2 saturated heterocycles. The first-order valence-electron chi connectivity index (χ1n) is 7.54. The summed E-state index contributed by atoms with van der Waals surface area (Å²) in [7, 11) is 2.27. The van der Waals surface area contributed by atoms with Crippen LogP contribution in [0.3, 0.4) is 0 Å². The SMILES string of the molecule is CCN1CCCC(N(C)CC2CNCCO2)CC1. The highest BCUT2D eigenvalue weighted by Gasteiger charge is 2.23. The van der Waals surface area contributed by atoms with Crippen LogP contribution in [0.4, 0.5) is 0 Å². The van der Waals surface area contributed by atoms with Gasteiger partial charge in [0.25, 0.3) is 0 Å². The third-order valence-electron chi connectivity index (χ3n) is 4.36. The highest BCUT2D eigenvalue weighted by atomic mass is 16.5. The Labute approximate surface area is 112 Å². The van der Waals surface area contributed by atoms with Crippen LogP contribution in [0.15, 0.2) is 0 Å². The predicted molar refractivity (Wildman–Crippen MR) is 75.0 cm³/mol. The molecule has 0 aromatic rings. The molecule has 0 aliphatic carbocycles. The van der Waals surface area contributed by atoms with Crippen molar-refractivity contribution in [3.8, 4) is 0 Å². The van der Waals surface area contributed by atoms with Crippen molar-refractivity contribution < 1.29 is 4.74 Å². The number of nitrogens with one attached hydrogen (secondary N) is 1. The minimum atomic E-state index is 0.384. The van der Waals surface area contributed by atoms with Gasteiger partial charge in [0.1, 0.15) is 0 Å². The molecule has 2 aliphatic heterocycles. The van der Waals surface area contributed by atoms with Crippen LogP contribution in [0.1, 0.15) is 26.2 Å². The summed E-state index contributed by atoms with van der Waals surface area (Å²) in [5.41, 5.74) is 0. The molecule has 106 valence electrons. The second-order valence-electron chi connectivity index (χ2n) is 5.66. The van der Waals surface area contributed by atoms with Crippen LogP contribution in [0.25, 0.3) is 0 Å². The molecule has 0 radical (unpaired) electrons. The molecule has 2 atom stereocenters. The Bertz CT molecular complexity index is 231. The smallest absolute Gasteiger partial charge is 0.0826 e. The largest absolute Gasteiger partial charge is 0.374 e. The Hall–Kier alpha value is -0.160. The van der Waals surface area contributed by atoms with Gasteiger partial charge in [-0.05, 0) is 45.9 Å². The van der Waals surface area contributed by atoms with E-state index in [1.807, 2.05) is 0 Å². The van der Waals surface area contributed by atoms with Crippen molar-refractivity contribution in [3.05, 3.63) is 0 Å². The molecule has 18 heavy (non-hydrogen) atoms. The highest BCUT2D eigenvalue weighted by Crippen LogP contribution is 2.16. The van der Waals surface area contributed by atoms with Gasteiger partial charge in [-0.25, -0.2) is 0 Å². The Balaban J connectivity index is 1.75. The van der Waals surface area contributed by atoms with Gasteiger partial charge < -0.3 is 19.9 Å². The van der Waals surface area contributed by atoms with E-state index in [-0.39, 0.29) is 0 Å². The molecular formula is C14H29N3O. The van der Waals surface area contributed by atoms with Gasteiger partial charge in [-0.2, -0.15) is 0 Å². The zero-order valence-electron chi connectivity index (χ0n) is 12.0. The molecule has 0 spiro atoms. The first kappa shape index (κ1) is 14.3. The van der Waals surface area contributed by atoms with Gasteiger partial charge in [0.2, 0.25) is 0 Å². The fraction of sp³-hybridized carbons (Fsp3) is 1.00. The molecule has 2 rings (SSSR count). The number of likely N-dealkylation sites (N-methyl/N-ethyl adjacent to an activating group) is 1. The van der Waals surface area contributed by atoms with Crippen molar-refractivity contribution >= 4 is 0 Å². The van der Waals surface area contributed by atoms with Crippen LogP contribution >= 0.6 is 0 Å². The van der Waals surface area contributed by atoms with Crippen molar-refractivity contribution in [3.63, 3.8) is 0 Å². The molecule has 2 fully saturated rings. The molecule has 0 bridgehead atoms. The number of hydrogen-bond donors (Lipinski definition) is 1. The van der Waals surface area contributed by atoms with Crippen molar-refractivity contribution in [2.45, 2.75) is 38.3 Å².